The van der Waals surface area contributed by atoms with E-state index in [1.807, 2.05) is 24.3 Å². The molecule has 1 amide bonds. The Bertz CT molecular complexity index is 884. The van der Waals surface area contributed by atoms with Gasteiger partial charge in [0.05, 0.1) is 24.1 Å². The summed E-state index contributed by atoms with van der Waals surface area (Å²) in [6, 6.07) is 11.9. The third-order valence-electron chi connectivity index (χ3n) is 3.46. The van der Waals surface area contributed by atoms with Crippen molar-refractivity contribution in [1.82, 2.24) is 4.90 Å². The minimum Gasteiger partial charge on any atom is -0.496 e. The Labute approximate surface area is 152 Å². The molecule has 6 nitrogen and oxygen atoms in total. The molecule has 2 rings (SSSR count). The van der Waals surface area contributed by atoms with E-state index >= 15 is 0 Å². The lowest BCUT2D eigenvalue weighted by Crippen LogP contribution is -2.26. The van der Waals surface area contributed by atoms with Crippen molar-refractivity contribution in [1.29, 1.82) is 0 Å². The van der Waals surface area contributed by atoms with Gasteiger partial charge in [-0.2, -0.15) is 0 Å². The first-order valence-electron chi connectivity index (χ1n) is 7.36. The highest BCUT2D eigenvalue weighted by atomic mass is 35.5. The van der Waals surface area contributed by atoms with Gasteiger partial charge in [0.1, 0.15) is 5.75 Å². The van der Waals surface area contributed by atoms with Crippen LogP contribution < -0.4 is 9.46 Å². The highest BCUT2D eigenvalue weighted by Crippen LogP contribution is 2.25. The number of hydrogen-bond donors (Lipinski definition) is 1. The number of halogens is 1. The van der Waals surface area contributed by atoms with Gasteiger partial charge in [-0.1, -0.05) is 29.8 Å². The maximum atomic E-state index is 12.6. The molecule has 0 heterocycles. The van der Waals surface area contributed by atoms with Crippen LogP contribution in [0.1, 0.15) is 15.9 Å². The van der Waals surface area contributed by atoms with E-state index in [9.17, 15) is 13.2 Å². The van der Waals surface area contributed by atoms with Crippen molar-refractivity contribution in [2.24, 2.45) is 0 Å². The van der Waals surface area contributed by atoms with E-state index in [4.69, 9.17) is 16.3 Å². The van der Waals surface area contributed by atoms with Crippen LogP contribution in [-0.2, 0) is 16.6 Å². The van der Waals surface area contributed by atoms with Crippen LogP contribution in [0.3, 0.4) is 0 Å². The largest absolute Gasteiger partial charge is 0.496 e. The summed E-state index contributed by atoms with van der Waals surface area (Å²) >= 11 is 6.07. The van der Waals surface area contributed by atoms with Crippen molar-refractivity contribution in [3.8, 4) is 5.75 Å². The molecule has 25 heavy (non-hydrogen) atoms. The van der Waals surface area contributed by atoms with Gasteiger partial charge < -0.3 is 9.64 Å². The fourth-order valence-electron chi connectivity index (χ4n) is 2.31. The predicted octanol–water partition coefficient (Wildman–Crippen LogP) is 2.99. The maximum absolute atomic E-state index is 12.6. The molecule has 0 unspecified atom stereocenters. The molecule has 0 saturated carbocycles. The van der Waals surface area contributed by atoms with Crippen LogP contribution in [-0.4, -0.2) is 39.6 Å². The highest BCUT2D eigenvalue weighted by molar-refractivity contribution is 7.92. The zero-order chi connectivity index (χ0) is 18.6. The van der Waals surface area contributed by atoms with Crippen molar-refractivity contribution in [3.05, 3.63) is 58.6 Å². The number of amides is 1. The third kappa shape index (κ3) is 5.11. The molecular weight excluding hydrogens is 364 g/mol. The van der Waals surface area contributed by atoms with Gasteiger partial charge in [-0.3, -0.25) is 9.52 Å². The minimum absolute atomic E-state index is 0.155. The number of nitrogens with one attached hydrogen (secondary N) is 1. The first kappa shape index (κ1) is 19.1. The van der Waals surface area contributed by atoms with Crippen molar-refractivity contribution >= 4 is 33.2 Å². The monoisotopic (exact) mass is 382 g/mol. The van der Waals surface area contributed by atoms with E-state index in [1.165, 1.54) is 23.1 Å². The van der Waals surface area contributed by atoms with Crippen molar-refractivity contribution in [3.63, 3.8) is 0 Å². The summed E-state index contributed by atoms with van der Waals surface area (Å²) in [6.45, 7) is 0.365. The molecule has 134 valence electrons. The molecule has 0 fully saturated rings. The molecule has 0 saturated heterocycles. The van der Waals surface area contributed by atoms with Crippen LogP contribution in [0.2, 0.25) is 5.02 Å². The molecule has 2 aromatic rings. The summed E-state index contributed by atoms with van der Waals surface area (Å²) in [7, 11) is -0.192. The van der Waals surface area contributed by atoms with E-state index in [0.29, 0.717) is 17.9 Å². The second kappa shape index (κ2) is 7.76. The van der Waals surface area contributed by atoms with Crippen LogP contribution >= 0.6 is 11.6 Å². The predicted molar refractivity (Wildman–Crippen MR) is 98.7 cm³/mol. The summed E-state index contributed by atoms with van der Waals surface area (Å²) in [5, 5.41) is 0.155. The number of methoxy groups -OCH3 is 1. The van der Waals surface area contributed by atoms with Gasteiger partial charge in [0.15, 0.2) is 0 Å². The molecule has 0 atom stereocenters. The molecule has 0 aliphatic carbocycles. The van der Waals surface area contributed by atoms with Crippen LogP contribution in [0.15, 0.2) is 42.5 Å². The topological polar surface area (TPSA) is 75.7 Å². The van der Waals surface area contributed by atoms with Crippen molar-refractivity contribution in [2.75, 3.05) is 25.1 Å². The quantitative estimate of drug-likeness (QED) is 0.833. The molecule has 1 N–H and O–H groups in total. The Hall–Kier alpha value is -2.25. The first-order chi connectivity index (χ1) is 11.7. The number of rotatable bonds is 6. The normalized spacial score (nSPS) is 11.0. The van der Waals surface area contributed by atoms with Gasteiger partial charge in [0, 0.05) is 24.7 Å². The molecule has 8 heteroatoms. The van der Waals surface area contributed by atoms with Crippen LogP contribution in [0.5, 0.6) is 5.75 Å². The summed E-state index contributed by atoms with van der Waals surface area (Å²) in [5.41, 5.74) is 1.47. The van der Waals surface area contributed by atoms with E-state index in [2.05, 4.69) is 4.72 Å². The van der Waals surface area contributed by atoms with Gasteiger partial charge in [0.25, 0.3) is 5.91 Å². The fraction of sp³-hybridized carbons (Fsp3) is 0.235. The lowest BCUT2D eigenvalue weighted by atomic mass is 10.1. The zero-order valence-corrected chi connectivity index (χ0v) is 15.7. The summed E-state index contributed by atoms with van der Waals surface area (Å²) in [4.78, 5) is 14.1. The maximum Gasteiger partial charge on any atom is 0.253 e. The van der Waals surface area contributed by atoms with Gasteiger partial charge in [0.2, 0.25) is 10.0 Å². The molecular formula is C17H19ClN2O4S. The number of carbonyl (C=O) groups excluding carboxylic acids is 1. The Kier molecular flexibility index (Phi) is 5.92. The van der Waals surface area contributed by atoms with Gasteiger partial charge in [-0.05, 0) is 24.3 Å². The Morgan fingerprint density at radius 2 is 1.92 bits per heavy atom. The zero-order valence-electron chi connectivity index (χ0n) is 14.1. The first-order valence-corrected chi connectivity index (χ1v) is 9.63. The van der Waals surface area contributed by atoms with Gasteiger partial charge >= 0.3 is 0 Å². The van der Waals surface area contributed by atoms with E-state index in [0.717, 1.165) is 11.8 Å². The fourth-order valence-corrected chi connectivity index (χ4v) is 3.17. The second-order valence-electron chi connectivity index (χ2n) is 5.54. The standard InChI is InChI=1S/C17H19ClN2O4S/c1-20(11-13-6-4-5-7-16(13)24-2)17(21)12-8-9-15(14(18)10-12)19-25(3,22)23/h4-10,19H,11H2,1-3H3. The average molecular weight is 383 g/mol. The third-order valence-corrected chi connectivity index (χ3v) is 4.36. The number of anilines is 1. The molecule has 0 radical (unpaired) electrons. The highest BCUT2D eigenvalue weighted by Gasteiger charge is 2.16. The second-order valence-corrected chi connectivity index (χ2v) is 7.70. The number of para-hydroxylation sites is 1. The molecule has 2 aromatic carbocycles. The Morgan fingerprint density at radius 3 is 2.52 bits per heavy atom. The minimum atomic E-state index is -3.44. The average Bonchev–Trinajstić information content (AvgIpc) is 2.55. The molecule has 0 spiro atoms. The molecule has 0 aromatic heterocycles. The van der Waals surface area contributed by atoms with Crippen LogP contribution in [0.25, 0.3) is 0 Å². The lowest BCUT2D eigenvalue weighted by Gasteiger charge is -2.19. The SMILES string of the molecule is COc1ccccc1CN(C)C(=O)c1ccc(NS(C)(=O)=O)c(Cl)c1. The molecule has 0 bridgehead atoms. The van der Waals surface area contributed by atoms with E-state index in [1.54, 1.807) is 14.2 Å². The number of carbonyl (C=O) groups is 1. The lowest BCUT2D eigenvalue weighted by molar-refractivity contribution is 0.0784. The summed E-state index contributed by atoms with van der Waals surface area (Å²) in [5.74, 6) is 0.464. The molecule has 0 aliphatic rings. The number of sulfonamides is 1. The van der Waals surface area contributed by atoms with Crippen molar-refractivity contribution < 1.29 is 17.9 Å². The van der Waals surface area contributed by atoms with Crippen LogP contribution in [0.4, 0.5) is 5.69 Å². The van der Waals surface area contributed by atoms with E-state index in [-0.39, 0.29) is 16.6 Å². The van der Waals surface area contributed by atoms with Crippen LogP contribution in [0, 0.1) is 0 Å². The van der Waals surface area contributed by atoms with Gasteiger partial charge in [-0.15, -0.1) is 0 Å². The summed E-state index contributed by atoms with van der Waals surface area (Å²) < 4.78 is 30.2. The Morgan fingerprint density at radius 1 is 1.24 bits per heavy atom. The van der Waals surface area contributed by atoms with E-state index < -0.39 is 10.0 Å². The Balaban J connectivity index is 2.18. The summed E-state index contributed by atoms with van der Waals surface area (Å²) in [6.07, 6.45) is 1.03. The molecule has 0 aliphatic heterocycles. The number of hydrogen-bond acceptors (Lipinski definition) is 4. The van der Waals surface area contributed by atoms with Crippen molar-refractivity contribution in [2.45, 2.75) is 6.54 Å². The number of ether oxygens (including phenoxy) is 1. The smallest absolute Gasteiger partial charge is 0.253 e. The van der Waals surface area contributed by atoms with Gasteiger partial charge in [-0.25, -0.2) is 8.42 Å². The number of benzene rings is 2. The number of nitrogens with zero attached hydrogens (tertiary/aromatic N) is 1.